The van der Waals surface area contributed by atoms with E-state index in [9.17, 15) is 4.79 Å². The number of ether oxygens (including phenoxy) is 1. The first-order valence-corrected chi connectivity index (χ1v) is 10.0. The topological polar surface area (TPSA) is 64.3 Å². The van der Waals surface area contributed by atoms with Gasteiger partial charge in [0.15, 0.2) is 0 Å². The number of hydrogen-bond acceptors (Lipinski definition) is 3. The molecule has 140 valence electrons. The molecular weight excluding hydrogens is 336 g/mol. The number of benzene rings is 2. The summed E-state index contributed by atoms with van der Waals surface area (Å²) >= 11 is 0. The average molecular weight is 362 g/mol. The van der Waals surface area contributed by atoms with Crippen molar-refractivity contribution in [3.63, 3.8) is 0 Å². The van der Waals surface area contributed by atoms with Crippen LogP contribution in [0.2, 0.25) is 0 Å². The lowest BCUT2D eigenvalue weighted by molar-refractivity contribution is 0.141. The molecule has 3 N–H and O–H groups in total. The van der Waals surface area contributed by atoms with Crippen LogP contribution < -0.4 is 11.1 Å². The summed E-state index contributed by atoms with van der Waals surface area (Å²) < 4.78 is 5.62. The van der Waals surface area contributed by atoms with Crippen LogP contribution in [0.5, 0.6) is 0 Å². The highest BCUT2D eigenvalue weighted by atomic mass is 16.5. The van der Waals surface area contributed by atoms with Gasteiger partial charge in [-0.1, -0.05) is 48.5 Å². The van der Waals surface area contributed by atoms with Crippen LogP contribution in [0.15, 0.2) is 48.5 Å². The summed E-state index contributed by atoms with van der Waals surface area (Å²) in [7, 11) is 0. The summed E-state index contributed by atoms with van der Waals surface area (Å²) in [6.45, 7) is 1.08. The second kappa shape index (κ2) is 6.68. The summed E-state index contributed by atoms with van der Waals surface area (Å²) in [5, 5.41) is 2.98. The van der Waals surface area contributed by atoms with Gasteiger partial charge in [0.25, 0.3) is 0 Å². The van der Waals surface area contributed by atoms with Gasteiger partial charge in [0, 0.05) is 18.5 Å². The van der Waals surface area contributed by atoms with Gasteiger partial charge in [0.05, 0.1) is 0 Å². The Bertz CT molecular complexity index is 819. The minimum absolute atomic E-state index is 0.114. The van der Waals surface area contributed by atoms with Crippen LogP contribution in [-0.4, -0.2) is 25.3 Å². The first kappa shape index (κ1) is 16.8. The smallest absolute Gasteiger partial charge is 0.407 e. The molecule has 0 spiro atoms. The summed E-state index contributed by atoms with van der Waals surface area (Å²) in [6, 6.07) is 17.2. The maximum atomic E-state index is 12.3. The van der Waals surface area contributed by atoms with Crippen molar-refractivity contribution in [3.8, 4) is 11.1 Å². The molecule has 3 aliphatic rings. The molecule has 2 fully saturated rings. The molecule has 0 saturated heterocycles. The van der Waals surface area contributed by atoms with Gasteiger partial charge in [-0.2, -0.15) is 0 Å². The zero-order valence-corrected chi connectivity index (χ0v) is 15.4. The quantitative estimate of drug-likeness (QED) is 0.867. The van der Waals surface area contributed by atoms with Crippen LogP contribution >= 0.6 is 0 Å². The van der Waals surface area contributed by atoms with E-state index in [1.165, 1.54) is 28.7 Å². The largest absolute Gasteiger partial charge is 0.449 e. The van der Waals surface area contributed by atoms with Crippen LogP contribution in [0.1, 0.15) is 36.3 Å². The third-order valence-electron chi connectivity index (χ3n) is 6.85. The Balaban J connectivity index is 1.19. The molecule has 2 aromatic carbocycles. The number of hydrogen-bond donors (Lipinski definition) is 2. The third-order valence-corrected chi connectivity index (χ3v) is 6.85. The molecule has 0 radical (unpaired) electrons. The van der Waals surface area contributed by atoms with E-state index in [4.69, 9.17) is 10.5 Å². The second-order valence-electron chi connectivity index (χ2n) is 8.37. The highest BCUT2D eigenvalue weighted by Crippen LogP contribution is 2.48. The fourth-order valence-electron chi connectivity index (χ4n) is 5.44. The van der Waals surface area contributed by atoms with Gasteiger partial charge < -0.3 is 15.8 Å². The van der Waals surface area contributed by atoms with E-state index in [1.54, 1.807) is 0 Å². The Kier molecular flexibility index (Phi) is 4.16. The normalized spacial score (nSPS) is 28.0. The number of fused-ring (bicyclic) bond motifs is 4. The molecule has 4 unspecified atom stereocenters. The first-order chi connectivity index (χ1) is 13.2. The lowest BCUT2D eigenvalue weighted by Crippen LogP contribution is -2.44. The van der Waals surface area contributed by atoms with Gasteiger partial charge in [-0.3, -0.25) is 0 Å². The maximum Gasteiger partial charge on any atom is 0.407 e. The number of carbonyl (C=O) groups is 1. The van der Waals surface area contributed by atoms with E-state index < -0.39 is 0 Å². The van der Waals surface area contributed by atoms with E-state index in [2.05, 4.69) is 53.8 Å². The van der Waals surface area contributed by atoms with Gasteiger partial charge in [0.1, 0.15) is 6.61 Å². The van der Waals surface area contributed by atoms with Crippen molar-refractivity contribution in [1.29, 1.82) is 0 Å². The number of amides is 1. The minimum atomic E-state index is -0.305. The average Bonchev–Trinajstić information content (AvgIpc) is 3.20. The van der Waals surface area contributed by atoms with Gasteiger partial charge in [-0.25, -0.2) is 4.79 Å². The van der Waals surface area contributed by atoms with Crippen molar-refractivity contribution < 1.29 is 9.53 Å². The molecule has 2 aromatic rings. The van der Waals surface area contributed by atoms with E-state index in [0.29, 0.717) is 31.0 Å². The zero-order valence-electron chi connectivity index (χ0n) is 15.4. The maximum absolute atomic E-state index is 12.3. The molecule has 0 aliphatic heterocycles. The van der Waals surface area contributed by atoms with Crippen molar-refractivity contribution in [2.45, 2.75) is 31.2 Å². The van der Waals surface area contributed by atoms with Crippen molar-refractivity contribution in [3.05, 3.63) is 59.7 Å². The predicted octanol–water partition coefficient (Wildman–Crippen LogP) is 3.90. The first-order valence-electron chi connectivity index (χ1n) is 10.0. The summed E-state index contributed by atoms with van der Waals surface area (Å²) in [5.41, 5.74) is 11.1. The zero-order chi connectivity index (χ0) is 18.4. The summed E-state index contributed by atoms with van der Waals surface area (Å²) in [4.78, 5) is 12.3. The number of nitrogens with one attached hydrogen (secondary N) is 1. The van der Waals surface area contributed by atoms with Crippen molar-refractivity contribution in [1.82, 2.24) is 5.32 Å². The standard InChI is InChI=1S/C23H26N2O2/c24-22-11-15-9-14(10-20(15)22)12-25-23(26)27-13-21-18-7-3-1-5-16(18)17-6-2-4-8-19(17)21/h1-8,14-15,20-22H,9-13,24H2,(H,25,26). The lowest BCUT2D eigenvalue weighted by atomic mass is 9.72. The van der Waals surface area contributed by atoms with Crippen LogP contribution in [0, 0.1) is 17.8 Å². The van der Waals surface area contributed by atoms with Gasteiger partial charge >= 0.3 is 6.09 Å². The molecule has 4 nitrogen and oxygen atoms in total. The molecular formula is C23H26N2O2. The summed E-state index contributed by atoms with van der Waals surface area (Å²) in [5.74, 6) is 2.13. The molecule has 27 heavy (non-hydrogen) atoms. The minimum Gasteiger partial charge on any atom is -0.449 e. The number of rotatable bonds is 4. The van der Waals surface area contributed by atoms with Crippen LogP contribution in [0.25, 0.3) is 11.1 Å². The number of carbonyl (C=O) groups excluding carboxylic acids is 1. The Morgan fingerprint density at radius 2 is 1.67 bits per heavy atom. The Labute approximate surface area is 160 Å². The molecule has 2 saturated carbocycles. The molecule has 5 rings (SSSR count). The molecule has 0 heterocycles. The monoisotopic (exact) mass is 362 g/mol. The molecule has 4 atom stereocenters. The highest BCUT2D eigenvalue weighted by molar-refractivity contribution is 5.79. The van der Waals surface area contributed by atoms with Crippen LogP contribution in [0.3, 0.4) is 0 Å². The number of nitrogens with two attached hydrogens (primary N) is 1. The van der Waals surface area contributed by atoms with Gasteiger partial charge in [0.2, 0.25) is 0 Å². The highest BCUT2D eigenvalue weighted by Gasteiger charge is 2.45. The van der Waals surface area contributed by atoms with Gasteiger partial charge in [-0.05, 0) is 59.3 Å². The third kappa shape index (κ3) is 2.92. The SMILES string of the molecule is NC1CC2CC(CNC(=O)OCC3c4ccccc4-c4ccccc43)CC12. The van der Waals surface area contributed by atoms with Crippen molar-refractivity contribution >= 4 is 6.09 Å². The van der Waals surface area contributed by atoms with E-state index in [0.717, 1.165) is 18.8 Å². The van der Waals surface area contributed by atoms with Crippen molar-refractivity contribution in [2.75, 3.05) is 13.2 Å². The molecule has 0 aromatic heterocycles. The number of alkyl carbamates (subject to hydrolysis) is 1. The Morgan fingerprint density at radius 3 is 2.30 bits per heavy atom. The second-order valence-corrected chi connectivity index (χ2v) is 8.37. The van der Waals surface area contributed by atoms with Crippen molar-refractivity contribution in [2.24, 2.45) is 23.5 Å². The fourth-order valence-corrected chi connectivity index (χ4v) is 5.44. The lowest BCUT2D eigenvalue weighted by Gasteiger charge is -2.37. The van der Waals surface area contributed by atoms with E-state index >= 15 is 0 Å². The summed E-state index contributed by atoms with van der Waals surface area (Å²) in [6.07, 6.45) is 3.20. The molecule has 0 bridgehead atoms. The Morgan fingerprint density at radius 1 is 1.00 bits per heavy atom. The Hall–Kier alpha value is -2.33. The molecule has 1 amide bonds. The van der Waals surface area contributed by atoms with Gasteiger partial charge in [-0.15, -0.1) is 0 Å². The fraction of sp³-hybridized carbons (Fsp3) is 0.435. The predicted molar refractivity (Wildman–Crippen MR) is 105 cm³/mol. The molecule has 4 heteroatoms. The van der Waals surface area contributed by atoms with Crippen LogP contribution in [-0.2, 0) is 4.74 Å². The molecule has 3 aliphatic carbocycles. The van der Waals surface area contributed by atoms with E-state index in [1.807, 2.05) is 0 Å². The van der Waals surface area contributed by atoms with Crippen LogP contribution in [0.4, 0.5) is 4.79 Å². The van der Waals surface area contributed by atoms with E-state index in [-0.39, 0.29) is 12.0 Å².